The molecule has 2 atom stereocenters. The highest BCUT2D eigenvalue weighted by atomic mass is 19.3. The van der Waals surface area contributed by atoms with E-state index in [0.717, 1.165) is 5.56 Å². The van der Waals surface area contributed by atoms with Gasteiger partial charge >= 0.3 is 0 Å². The summed E-state index contributed by atoms with van der Waals surface area (Å²) >= 11 is 0. The third-order valence-corrected chi connectivity index (χ3v) is 4.87. The molecule has 3 rings (SSSR count). The lowest BCUT2D eigenvalue weighted by atomic mass is 9.86. The number of benzene rings is 1. The molecular formula is C20H22F2N4O3. The number of halogens is 2. The fourth-order valence-electron chi connectivity index (χ4n) is 3.42. The van der Waals surface area contributed by atoms with E-state index in [0.29, 0.717) is 12.6 Å². The van der Waals surface area contributed by atoms with Gasteiger partial charge in [-0.2, -0.15) is 5.10 Å². The van der Waals surface area contributed by atoms with Gasteiger partial charge in [-0.05, 0) is 12.0 Å². The number of anilines is 1. The van der Waals surface area contributed by atoms with Gasteiger partial charge in [-0.3, -0.25) is 19.1 Å². The first-order valence-corrected chi connectivity index (χ1v) is 9.19. The van der Waals surface area contributed by atoms with Crippen LogP contribution in [0.1, 0.15) is 12.5 Å². The maximum atomic E-state index is 13.1. The number of carbonyl (C=O) groups excluding carboxylic acids is 3. The zero-order chi connectivity index (χ0) is 21.2. The molecule has 2 amide bonds. The van der Waals surface area contributed by atoms with Crippen LogP contribution in [0.3, 0.4) is 0 Å². The first-order valence-electron chi connectivity index (χ1n) is 9.19. The highest BCUT2D eigenvalue weighted by molar-refractivity contribution is 6.38. The Morgan fingerprint density at radius 1 is 1.28 bits per heavy atom. The molecule has 1 saturated heterocycles. The zero-order valence-corrected chi connectivity index (χ0v) is 16.1. The Morgan fingerprint density at radius 2 is 1.97 bits per heavy atom. The summed E-state index contributed by atoms with van der Waals surface area (Å²) in [4.78, 5) is 39.4. The fraction of sp³-hybridized carbons (Fsp3) is 0.400. The van der Waals surface area contributed by atoms with Gasteiger partial charge in [0.2, 0.25) is 11.7 Å². The fourth-order valence-corrected chi connectivity index (χ4v) is 3.42. The minimum atomic E-state index is -3.13. The Kier molecular flexibility index (Phi) is 5.76. The number of hydrogen-bond acceptors (Lipinski definition) is 4. The summed E-state index contributed by atoms with van der Waals surface area (Å²) in [7, 11) is 1.70. The predicted molar refractivity (Wildman–Crippen MR) is 101 cm³/mol. The second-order valence-electron chi connectivity index (χ2n) is 7.34. The maximum Gasteiger partial charge on any atom is 0.287 e. The molecule has 1 N–H and O–H groups in total. The van der Waals surface area contributed by atoms with Crippen LogP contribution in [0.5, 0.6) is 0 Å². The first-order chi connectivity index (χ1) is 13.7. The minimum Gasteiger partial charge on any atom is -0.343 e. The summed E-state index contributed by atoms with van der Waals surface area (Å²) in [5.41, 5.74) is 1.36. The van der Waals surface area contributed by atoms with Gasteiger partial charge in [-0.25, -0.2) is 8.78 Å². The number of amides is 2. The standard InChI is InChI=1S/C20H22F2N4O3/c1-20(21,22)12-23-18(28)17(27)16-11-26(14-9-24-25(2)10-14)19(29)15(16)8-13-6-4-3-5-7-13/h3-7,9-10,15-16H,8,11-12H2,1-2H3,(H,23,28)/t15-,16+/m1/s1. The molecule has 2 aromatic rings. The molecule has 0 spiro atoms. The lowest BCUT2D eigenvalue weighted by Crippen LogP contribution is -2.42. The summed E-state index contributed by atoms with van der Waals surface area (Å²) in [5.74, 6) is -7.10. The Labute approximate surface area is 166 Å². The van der Waals surface area contributed by atoms with Crippen molar-refractivity contribution in [2.24, 2.45) is 18.9 Å². The number of Topliss-reactive ketones (excluding diaryl/α,β-unsaturated/α-hetero) is 1. The highest BCUT2D eigenvalue weighted by Crippen LogP contribution is 2.32. The molecule has 2 heterocycles. The number of nitrogens with one attached hydrogen (secondary N) is 1. The van der Waals surface area contributed by atoms with E-state index in [1.807, 2.05) is 35.6 Å². The molecule has 9 heteroatoms. The van der Waals surface area contributed by atoms with Crippen LogP contribution in [0.4, 0.5) is 14.5 Å². The molecule has 154 valence electrons. The van der Waals surface area contributed by atoms with Crippen molar-refractivity contribution in [3.63, 3.8) is 0 Å². The van der Waals surface area contributed by atoms with Crippen LogP contribution in [0.15, 0.2) is 42.7 Å². The molecule has 1 fully saturated rings. The second kappa shape index (κ2) is 8.10. The van der Waals surface area contributed by atoms with Gasteiger partial charge in [-0.15, -0.1) is 0 Å². The summed E-state index contributed by atoms with van der Waals surface area (Å²) in [6.07, 6.45) is 3.41. The van der Waals surface area contributed by atoms with Gasteiger partial charge in [0.25, 0.3) is 11.8 Å². The Hall–Kier alpha value is -3.10. The molecule has 29 heavy (non-hydrogen) atoms. The first kappa shape index (κ1) is 20.6. The summed E-state index contributed by atoms with van der Waals surface area (Å²) in [6, 6.07) is 9.14. The molecule has 0 bridgehead atoms. The van der Waals surface area contributed by atoms with E-state index in [9.17, 15) is 23.2 Å². The largest absolute Gasteiger partial charge is 0.343 e. The average molecular weight is 404 g/mol. The van der Waals surface area contributed by atoms with Gasteiger partial charge in [0, 0.05) is 26.7 Å². The Morgan fingerprint density at radius 3 is 2.55 bits per heavy atom. The molecule has 0 radical (unpaired) electrons. The van der Waals surface area contributed by atoms with Crippen LogP contribution < -0.4 is 10.2 Å². The van der Waals surface area contributed by atoms with Crippen LogP contribution in [-0.2, 0) is 27.9 Å². The van der Waals surface area contributed by atoms with Crippen molar-refractivity contribution in [1.82, 2.24) is 15.1 Å². The van der Waals surface area contributed by atoms with Crippen molar-refractivity contribution >= 4 is 23.3 Å². The summed E-state index contributed by atoms with van der Waals surface area (Å²) in [5, 5.41) is 6.01. The molecular weight excluding hydrogens is 382 g/mol. The van der Waals surface area contributed by atoms with Crippen molar-refractivity contribution < 1.29 is 23.2 Å². The minimum absolute atomic E-state index is 0.00318. The number of aromatic nitrogens is 2. The van der Waals surface area contributed by atoms with E-state index in [2.05, 4.69) is 5.10 Å². The van der Waals surface area contributed by atoms with Crippen molar-refractivity contribution in [3.05, 3.63) is 48.3 Å². The zero-order valence-electron chi connectivity index (χ0n) is 16.1. The van der Waals surface area contributed by atoms with Gasteiger partial charge in [0.05, 0.1) is 30.3 Å². The quantitative estimate of drug-likeness (QED) is 0.711. The van der Waals surface area contributed by atoms with E-state index in [1.54, 1.807) is 13.2 Å². The van der Waals surface area contributed by atoms with Gasteiger partial charge in [-0.1, -0.05) is 30.3 Å². The third kappa shape index (κ3) is 4.85. The van der Waals surface area contributed by atoms with E-state index >= 15 is 0 Å². The van der Waals surface area contributed by atoms with Crippen molar-refractivity contribution in [1.29, 1.82) is 0 Å². The van der Waals surface area contributed by atoms with E-state index < -0.39 is 36.0 Å². The molecule has 1 aromatic heterocycles. The summed E-state index contributed by atoms with van der Waals surface area (Å²) < 4.78 is 27.6. The lowest BCUT2D eigenvalue weighted by Gasteiger charge is -2.16. The number of nitrogens with zero attached hydrogens (tertiary/aromatic N) is 3. The van der Waals surface area contributed by atoms with Crippen molar-refractivity contribution in [2.75, 3.05) is 18.0 Å². The number of rotatable bonds is 7. The topological polar surface area (TPSA) is 84.3 Å². The third-order valence-electron chi connectivity index (χ3n) is 4.87. The van der Waals surface area contributed by atoms with Crippen LogP contribution in [-0.4, -0.2) is 46.4 Å². The van der Waals surface area contributed by atoms with E-state index in [-0.39, 0.29) is 18.9 Å². The van der Waals surface area contributed by atoms with E-state index in [4.69, 9.17) is 0 Å². The van der Waals surface area contributed by atoms with Crippen LogP contribution in [0.2, 0.25) is 0 Å². The summed E-state index contributed by atoms with van der Waals surface area (Å²) in [6.45, 7) is -0.288. The van der Waals surface area contributed by atoms with Crippen molar-refractivity contribution in [3.8, 4) is 0 Å². The van der Waals surface area contributed by atoms with Crippen LogP contribution >= 0.6 is 0 Å². The maximum absolute atomic E-state index is 13.1. The smallest absolute Gasteiger partial charge is 0.287 e. The van der Waals surface area contributed by atoms with Crippen LogP contribution in [0, 0.1) is 11.8 Å². The molecule has 1 aliphatic rings. The normalized spacial score (nSPS) is 19.4. The lowest BCUT2D eigenvalue weighted by molar-refractivity contribution is -0.142. The number of alkyl halides is 2. The van der Waals surface area contributed by atoms with Gasteiger partial charge in [0.1, 0.15) is 0 Å². The average Bonchev–Trinajstić information content (AvgIpc) is 3.23. The van der Waals surface area contributed by atoms with E-state index in [1.165, 1.54) is 15.8 Å². The molecule has 7 nitrogen and oxygen atoms in total. The molecule has 1 aliphatic heterocycles. The molecule has 0 unspecified atom stereocenters. The molecule has 0 aliphatic carbocycles. The van der Waals surface area contributed by atoms with Crippen molar-refractivity contribution in [2.45, 2.75) is 19.3 Å². The SMILES string of the molecule is Cn1cc(N2C[C@H](C(=O)C(=O)NCC(C)(F)F)[C@@H](Cc3ccccc3)C2=O)cn1. The number of ketones is 1. The predicted octanol–water partition coefficient (Wildman–Crippen LogP) is 1.58. The molecule has 0 saturated carbocycles. The molecule has 1 aromatic carbocycles. The number of carbonyl (C=O) groups is 3. The highest BCUT2D eigenvalue weighted by Gasteiger charge is 2.46. The number of hydrogen-bond donors (Lipinski definition) is 1. The monoisotopic (exact) mass is 404 g/mol. The van der Waals surface area contributed by atoms with Gasteiger partial charge < -0.3 is 10.2 Å². The Balaban J connectivity index is 1.83. The Bertz CT molecular complexity index is 908. The number of aryl methyl sites for hydroxylation is 1. The van der Waals surface area contributed by atoms with Gasteiger partial charge in [0.15, 0.2) is 0 Å². The van der Waals surface area contributed by atoms with Crippen LogP contribution in [0.25, 0.3) is 0 Å². The second-order valence-corrected chi connectivity index (χ2v) is 7.34.